The van der Waals surface area contributed by atoms with Gasteiger partial charge in [-0.05, 0) is 63.0 Å². The van der Waals surface area contributed by atoms with E-state index in [1.54, 1.807) is 12.1 Å². The third-order valence-corrected chi connectivity index (χ3v) is 5.89. The number of hydrogen-bond acceptors (Lipinski definition) is 4. The molecule has 4 heterocycles. The van der Waals surface area contributed by atoms with Gasteiger partial charge in [-0.25, -0.2) is 4.39 Å². The smallest absolute Gasteiger partial charge is 0.126 e. The normalized spacial score (nSPS) is 21.7. The fourth-order valence-corrected chi connectivity index (χ4v) is 4.43. The van der Waals surface area contributed by atoms with Crippen LogP contribution in [-0.2, 0) is 0 Å². The lowest BCUT2D eigenvalue weighted by atomic mass is 10.0. The van der Waals surface area contributed by atoms with Crippen LogP contribution in [0.3, 0.4) is 0 Å². The van der Waals surface area contributed by atoms with Crippen molar-refractivity contribution in [2.24, 2.45) is 0 Å². The topological polar surface area (TPSA) is 59.7 Å². The summed E-state index contributed by atoms with van der Waals surface area (Å²) >= 11 is 0. The van der Waals surface area contributed by atoms with Crippen molar-refractivity contribution in [3.05, 3.63) is 36.5 Å². The van der Waals surface area contributed by atoms with Gasteiger partial charge in [-0.1, -0.05) is 0 Å². The minimum absolute atomic E-state index is 0.224. The van der Waals surface area contributed by atoms with Gasteiger partial charge in [0, 0.05) is 23.7 Å². The number of fused-ring (bicyclic) bond motifs is 1. The summed E-state index contributed by atoms with van der Waals surface area (Å²) in [5.41, 5.74) is 2.70. The molecule has 6 nitrogen and oxygen atoms in total. The third kappa shape index (κ3) is 3.15. The van der Waals surface area contributed by atoms with Gasteiger partial charge in [-0.3, -0.25) is 9.36 Å². The van der Waals surface area contributed by atoms with E-state index in [0.717, 1.165) is 73.9 Å². The van der Waals surface area contributed by atoms with Crippen LogP contribution in [-0.4, -0.2) is 45.7 Å². The fraction of sp³-hybridized carbons (Fsp3) is 0.500. The molecule has 0 saturated carbocycles. The Morgan fingerprint density at radius 3 is 2.67 bits per heavy atom. The summed E-state index contributed by atoms with van der Waals surface area (Å²) in [6, 6.07) is 3.91. The number of rotatable bonds is 3. The molecular weight excluding hydrogens is 343 g/mol. The van der Waals surface area contributed by atoms with Crippen LogP contribution in [0.2, 0.25) is 0 Å². The molecule has 2 fully saturated rings. The number of halogens is 1. The number of hydrogen-bond donors (Lipinski definition) is 2. The van der Waals surface area contributed by atoms with Crippen LogP contribution in [0.4, 0.5) is 4.39 Å². The van der Waals surface area contributed by atoms with Crippen LogP contribution in [0.5, 0.6) is 0 Å². The highest BCUT2D eigenvalue weighted by molar-refractivity contribution is 5.94. The zero-order valence-corrected chi connectivity index (χ0v) is 15.4. The van der Waals surface area contributed by atoms with Crippen LogP contribution >= 0.6 is 0 Å². The van der Waals surface area contributed by atoms with Gasteiger partial charge in [0.25, 0.3) is 0 Å². The first-order valence-corrected chi connectivity index (χ1v) is 9.92. The molecule has 2 aliphatic rings. The van der Waals surface area contributed by atoms with Gasteiger partial charge in [-0.2, -0.15) is 10.2 Å². The maximum absolute atomic E-state index is 14.5. The molecule has 0 amide bonds. The van der Waals surface area contributed by atoms with Crippen LogP contribution in [0.1, 0.15) is 37.8 Å². The largest absolute Gasteiger partial charge is 0.317 e. The summed E-state index contributed by atoms with van der Waals surface area (Å²) in [6.45, 7) is 3.97. The van der Waals surface area contributed by atoms with Crippen LogP contribution in [0.15, 0.2) is 30.7 Å². The van der Waals surface area contributed by atoms with Crippen molar-refractivity contribution >= 4 is 10.9 Å². The molecule has 0 aliphatic carbocycles. The van der Waals surface area contributed by atoms with Gasteiger partial charge in [-0.15, -0.1) is 0 Å². The van der Waals surface area contributed by atoms with E-state index in [-0.39, 0.29) is 11.9 Å². The van der Waals surface area contributed by atoms with E-state index in [4.69, 9.17) is 0 Å². The first kappa shape index (κ1) is 16.9. The van der Waals surface area contributed by atoms with Gasteiger partial charge in [0.15, 0.2) is 0 Å². The second-order valence-electron chi connectivity index (χ2n) is 7.67. The highest BCUT2D eigenvalue weighted by Gasteiger charge is 2.21. The predicted octanol–water partition coefficient (Wildman–Crippen LogP) is 2.89. The number of aromatic nitrogens is 4. The van der Waals surface area contributed by atoms with E-state index in [1.807, 2.05) is 21.8 Å². The van der Waals surface area contributed by atoms with E-state index in [9.17, 15) is 4.39 Å². The van der Waals surface area contributed by atoms with Crippen LogP contribution < -0.4 is 10.6 Å². The van der Waals surface area contributed by atoms with E-state index < -0.39 is 0 Å². The minimum atomic E-state index is -0.224. The SMILES string of the molecule is Fc1cc(-c2cnn(C3CCNCC3)c2)c2cnn(C3CCCNC3)c2c1. The average molecular weight is 368 g/mol. The molecule has 1 unspecified atom stereocenters. The van der Waals surface area contributed by atoms with Crippen molar-refractivity contribution in [3.63, 3.8) is 0 Å². The number of nitrogens with one attached hydrogen (secondary N) is 2. The molecule has 1 aromatic carbocycles. The zero-order valence-electron chi connectivity index (χ0n) is 15.4. The van der Waals surface area contributed by atoms with E-state index in [1.165, 1.54) is 0 Å². The molecule has 1 atom stereocenters. The van der Waals surface area contributed by atoms with E-state index in [2.05, 4.69) is 27.0 Å². The summed E-state index contributed by atoms with van der Waals surface area (Å²) in [6.07, 6.45) is 10.1. The van der Waals surface area contributed by atoms with Gasteiger partial charge in [0.05, 0.1) is 30.0 Å². The molecule has 7 heteroatoms. The van der Waals surface area contributed by atoms with Gasteiger partial charge >= 0.3 is 0 Å². The molecule has 27 heavy (non-hydrogen) atoms. The fourth-order valence-electron chi connectivity index (χ4n) is 4.43. The first-order chi connectivity index (χ1) is 13.3. The van der Waals surface area contributed by atoms with E-state index in [0.29, 0.717) is 6.04 Å². The number of piperidine rings is 2. The molecule has 0 spiro atoms. The molecule has 2 N–H and O–H groups in total. The zero-order chi connectivity index (χ0) is 18.2. The quantitative estimate of drug-likeness (QED) is 0.746. The minimum Gasteiger partial charge on any atom is -0.317 e. The Morgan fingerprint density at radius 2 is 1.85 bits per heavy atom. The van der Waals surface area contributed by atoms with Crippen molar-refractivity contribution in [3.8, 4) is 11.1 Å². The summed E-state index contributed by atoms with van der Waals surface area (Å²) in [5, 5.41) is 17.0. The van der Waals surface area contributed by atoms with Crippen molar-refractivity contribution in [1.82, 2.24) is 30.2 Å². The Hall–Kier alpha value is -2.25. The van der Waals surface area contributed by atoms with Crippen LogP contribution in [0, 0.1) is 5.82 Å². The molecule has 0 bridgehead atoms. The van der Waals surface area contributed by atoms with Crippen LogP contribution in [0.25, 0.3) is 22.0 Å². The standard InChI is InChI=1S/C20H25FN6/c21-15-8-18(14-10-24-26(13-14)16-3-6-22-7-4-16)19-12-25-27(20(19)9-15)17-2-1-5-23-11-17/h8-10,12-13,16-17,22-23H,1-7,11H2. The molecule has 5 rings (SSSR count). The molecule has 142 valence electrons. The average Bonchev–Trinajstić information content (AvgIpc) is 3.36. The number of benzene rings is 1. The Morgan fingerprint density at radius 1 is 0.963 bits per heavy atom. The second-order valence-corrected chi connectivity index (χ2v) is 7.67. The summed E-state index contributed by atoms with van der Waals surface area (Å²) in [7, 11) is 0. The Labute approximate surface area is 157 Å². The monoisotopic (exact) mass is 368 g/mol. The van der Waals surface area contributed by atoms with Crippen molar-refractivity contribution < 1.29 is 4.39 Å². The highest BCUT2D eigenvalue weighted by Crippen LogP contribution is 2.32. The second kappa shape index (κ2) is 7.05. The Kier molecular flexibility index (Phi) is 4.41. The number of nitrogens with zero attached hydrogens (tertiary/aromatic N) is 4. The predicted molar refractivity (Wildman–Crippen MR) is 103 cm³/mol. The Bertz CT molecular complexity index is 933. The van der Waals surface area contributed by atoms with Gasteiger partial charge in [0.1, 0.15) is 5.82 Å². The van der Waals surface area contributed by atoms with Gasteiger partial charge < -0.3 is 10.6 Å². The summed E-state index contributed by atoms with van der Waals surface area (Å²) in [4.78, 5) is 0. The highest BCUT2D eigenvalue weighted by atomic mass is 19.1. The Balaban J connectivity index is 1.53. The summed E-state index contributed by atoms with van der Waals surface area (Å²) < 4.78 is 18.5. The molecular formula is C20H25FN6. The molecule has 3 aromatic rings. The molecule has 2 aromatic heterocycles. The lowest BCUT2D eigenvalue weighted by Gasteiger charge is -2.23. The maximum Gasteiger partial charge on any atom is 0.126 e. The van der Waals surface area contributed by atoms with Crippen molar-refractivity contribution in [2.45, 2.75) is 37.8 Å². The summed E-state index contributed by atoms with van der Waals surface area (Å²) in [5.74, 6) is -0.224. The van der Waals surface area contributed by atoms with Gasteiger partial charge in [0.2, 0.25) is 0 Å². The lowest BCUT2D eigenvalue weighted by Crippen LogP contribution is -2.32. The molecule has 0 radical (unpaired) electrons. The lowest BCUT2D eigenvalue weighted by molar-refractivity contribution is 0.343. The third-order valence-electron chi connectivity index (χ3n) is 5.89. The molecule has 2 saturated heterocycles. The maximum atomic E-state index is 14.5. The first-order valence-electron chi connectivity index (χ1n) is 9.92. The van der Waals surface area contributed by atoms with E-state index >= 15 is 0 Å². The molecule has 2 aliphatic heterocycles. The van der Waals surface area contributed by atoms with Crippen molar-refractivity contribution in [2.75, 3.05) is 26.2 Å². The van der Waals surface area contributed by atoms with Crippen molar-refractivity contribution in [1.29, 1.82) is 0 Å².